The second-order valence-corrected chi connectivity index (χ2v) is 11.2. The monoisotopic (exact) mass is 520 g/mol. The minimum Gasteiger partial charge on any atom is -0.341 e. The van der Waals surface area contributed by atoms with Crippen LogP contribution >= 0.6 is 7.37 Å². The molecule has 0 fully saturated rings. The fourth-order valence-electron chi connectivity index (χ4n) is 4.53. The molecule has 0 aliphatic rings. The topological polar surface area (TPSA) is 58.6 Å². The van der Waals surface area contributed by atoms with Gasteiger partial charge in [0.2, 0.25) is 0 Å². The van der Waals surface area contributed by atoms with Gasteiger partial charge in [-0.05, 0) is 36.4 Å². The van der Waals surface area contributed by atoms with Crippen molar-refractivity contribution in [1.29, 1.82) is 0 Å². The van der Waals surface area contributed by atoms with Crippen LogP contribution in [0, 0.1) is 0 Å². The first-order valence-corrected chi connectivity index (χ1v) is 13.9. The molecule has 1 aromatic heterocycles. The van der Waals surface area contributed by atoms with Crippen LogP contribution in [0.3, 0.4) is 0 Å². The Morgan fingerprint density at radius 3 is 1.55 bits per heavy atom. The first-order chi connectivity index (χ1) is 18.5. The van der Waals surface area contributed by atoms with Crippen molar-refractivity contribution in [3.63, 3.8) is 0 Å². The summed E-state index contributed by atoms with van der Waals surface area (Å²) in [5.74, 6) is 0. The zero-order valence-corrected chi connectivity index (χ0v) is 22.5. The normalized spacial score (nSPS) is 12.5. The lowest BCUT2D eigenvalue weighted by Gasteiger charge is -2.32. The Bertz CT molecular complexity index is 1550. The summed E-state index contributed by atoms with van der Waals surface area (Å²) < 4.78 is 20.6. The Labute approximate surface area is 223 Å². The smallest absolute Gasteiger partial charge is 0.282 e. The van der Waals surface area contributed by atoms with E-state index in [1.165, 1.54) is 7.11 Å². The highest BCUT2D eigenvalue weighted by molar-refractivity contribution is 7.74. The molecule has 0 spiro atoms. The van der Waals surface area contributed by atoms with Crippen LogP contribution in [0.15, 0.2) is 121 Å². The first kappa shape index (κ1) is 25.4. The van der Waals surface area contributed by atoms with Gasteiger partial charge in [0.15, 0.2) is 5.44 Å². The van der Waals surface area contributed by atoms with Gasteiger partial charge in [-0.25, -0.2) is 0 Å². The maximum absolute atomic E-state index is 14.7. The molecule has 1 unspecified atom stereocenters. The van der Waals surface area contributed by atoms with E-state index >= 15 is 0 Å². The number of para-hydroxylation sites is 2. The van der Waals surface area contributed by atoms with Gasteiger partial charge in [0.25, 0.3) is 7.37 Å². The van der Waals surface area contributed by atoms with Crippen molar-refractivity contribution in [3.8, 4) is 11.3 Å². The van der Waals surface area contributed by atoms with Gasteiger partial charge in [-0.3, -0.25) is 4.57 Å². The quantitative estimate of drug-likeness (QED) is 0.216. The molecule has 1 atom stereocenters. The lowest BCUT2D eigenvalue weighted by molar-refractivity contribution is 0.411. The Morgan fingerprint density at radius 1 is 0.605 bits per heavy atom. The van der Waals surface area contributed by atoms with Gasteiger partial charge in [0, 0.05) is 43.4 Å². The Kier molecular flexibility index (Phi) is 7.36. The van der Waals surface area contributed by atoms with E-state index in [0.29, 0.717) is 16.7 Å². The number of rotatable bonds is 8. The summed E-state index contributed by atoms with van der Waals surface area (Å²) in [4.78, 5) is 4.08. The molecular formula is C31H29N4O2P. The summed E-state index contributed by atoms with van der Waals surface area (Å²) in [5.41, 5.74) is 5.16. The zero-order chi connectivity index (χ0) is 26.5. The number of nitrogens with zero attached hydrogens (tertiary/aromatic N) is 4. The first-order valence-electron chi connectivity index (χ1n) is 12.3. The van der Waals surface area contributed by atoms with Crippen LogP contribution in [0.25, 0.3) is 11.3 Å². The molecule has 0 aliphatic heterocycles. The van der Waals surface area contributed by atoms with E-state index in [2.05, 4.69) is 10.00 Å². The molecule has 0 saturated carbocycles. The van der Waals surface area contributed by atoms with Gasteiger partial charge in [-0.15, -0.1) is 10.2 Å². The third kappa shape index (κ3) is 4.72. The predicted octanol–water partition coefficient (Wildman–Crippen LogP) is 6.55. The molecule has 0 radical (unpaired) electrons. The van der Waals surface area contributed by atoms with E-state index in [1.807, 2.05) is 140 Å². The van der Waals surface area contributed by atoms with Gasteiger partial charge in [-0.2, -0.15) is 0 Å². The molecule has 0 N–H and O–H groups in total. The minimum atomic E-state index is -3.63. The largest absolute Gasteiger partial charge is 0.341 e. The van der Waals surface area contributed by atoms with Crippen molar-refractivity contribution in [2.45, 2.75) is 0 Å². The Hall–Kier alpha value is -4.25. The van der Waals surface area contributed by atoms with E-state index < -0.39 is 7.37 Å². The van der Waals surface area contributed by atoms with Crippen molar-refractivity contribution in [2.75, 3.05) is 31.0 Å². The number of aromatic nitrogens is 2. The Balaban J connectivity index is 1.88. The van der Waals surface area contributed by atoms with E-state index in [1.54, 1.807) is 0 Å². The van der Waals surface area contributed by atoms with Gasteiger partial charge in [0.05, 0.1) is 5.69 Å². The standard InChI is InChI=1S/C31H29N4O2P/c1-34(25-18-10-5-11-19-25)29-28(24-16-8-4-9-17-24)32-33-31(30(29)35(2)26-20-12-6-13-21-26)38(36,37-3)27-22-14-7-15-23-27/h4-23H,1-3H3. The van der Waals surface area contributed by atoms with E-state index in [4.69, 9.17) is 9.62 Å². The maximum Gasteiger partial charge on any atom is 0.282 e. The fourth-order valence-corrected chi connectivity index (χ4v) is 6.42. The van der Waals surface area contributed by atoms with Crippen LogP contribution in [0.1, 0.15) is 0 Å². The number of benzene rings is 4. The summed E-state index contributed by atoms with van der Waals surface area (Å²) in [6.45, 7) is 0. The highest BCUT2D eigenvalue weighted by Crippen LogP contribution is 2.50. The summed E-state index contributed by atoms with van der Waals surface area (Å²) in [6, 6.07) is 39.1. The fraction of sp³-hybridized carbons (Fsp3) is 0.0968. The van der Waals surface area contributed by atoms with Crippen LogP contribution in [-0.4, -0.2) is 31.4 Å². The molecule has 7 heteroatoms. The molecule has 190 valence electrons. The third-order valence-corrected chi connectivity index (χ3v) is 8.89. The molecule has 6 nitrogen and oxygen atoms in total. The van der Waals surface area contributed by atoms with Crippen molar-refractivity contribution in [3.05, 3.63) is 121 Å². The average Bonchev–Trinajstić information content (AvgIpc) is 3.01. The minimum absolute atomic E-state index is 0.287. The second kappa shape index (κ2) is 11.0. The molecular weight excluding hydrogens is 491 g/mol. The maximum atomic E-state index is 14.7. The number of hydrogen-bond donors (Lipinski definition) is 0. The van der Waals surface area contributed by atoms with Crippen LogP contribution in [0.5, 0.6) is 0 Å². The summed E-state index contributed by atoms with van der Waals surface area (Å²) >= 11 is 0. The highest BCUT2D eigenvalue weighted by atomic mass is 31.2. The van der Waals surface area contributed by atoms with Crippen LogP contribution < -0.4 is 20.5 Å². The highest BCUT2D eigenvalue weighted by Gasteiger charge is 2.37. The Morgan fingerprint density at radius 2 is 1.05 bits per heavy atom. The molecule has 1 heterocycles. The molecule has 4 aromatic carbocycles. The lowest BCUT2D eigenvalue weighted by atomic mass is 10.1. The molecule has 0 saturated heterocycles. The summed E-state index contributed by atoms with van der Waals surface area (Å²) in [7, 11) is 1.78. The van der Waals surface area contributed by atoms with Gasteiger partial charge >= 0.3 is 0 Å². The van der Waals surface area contributed by atoms with E-state index in [-0.39, 0.29) is 5.44 Å². The van der Waals surface area contributed by atoms with Gasteiger partial charge < -0.3 is 14.3 Å². The van der Waals surface area contributed by atoms with Crippen molar-refractivity contribution in [1.82, 2.24) is 10.2 Å². The number of anilines is 4. The second-order valence-electron chi connectivity index (χ2n) is 8.79. The average molecular weight is 521 g/mol. The zero-order valence-electron chi connectivity index (χ0n) is 21.6. The lowest BCUT2D eigenvalue weighted by Crippen LogP contribution is -2.30. The van der Waals surface area contributed by atoms with E-state index in [9.17, 15) is 4.57 Å². The molecule has 38 heavy (non-hydrogen) atoms. The molecule has 0 amide bonds. The molecule has 0 bridgehead atoms. The van der Waals surface area contributed by atoms with Gasteiger partial charge in [-0.1, -0.05) is 84.9 Å². The van der Waals surface area contributed by atoms with Crippen molar-refractivity contribution < 1.29 is 9.09 Å². The van der Waals surface area contributed by atoms with Crippen molar-refractivity contribution in [2.24, 2.45) is 0 Å². The van der Waals surface area contributed by atoms with Gasteiger partial charge in [0.1, 0.15) is 11.4 Å². The predicted molar refractivity (Wildman–Crippen MR) is 157 cm³/mol. The van der Waals surface area contributed by atoms with Crippen LogP contribution in [0.2, 0.25) is 0 Å². The SMILES string of the molecule is COP(=O)(c1ccccc1)c1nnc(-c2ccccc2)c(N(C)c2ccccc2)c1N(C)c1ccccc1. The summed E-state index contributed by atoms with van der Waals surface area (Å²) in [6.07, 6.45) is 0. The number of hydrogen-bond acceptors (Lipinski definition) is 6. The van der Waals surface area contributed by atoms with Crippen molar-refractivity contribution >= 4 is 40.9 Å². The summed E-state index contributed by atoms with van der Waals surface area (Å²) in [5, 5.41) is 9.91. The molecule has 0 aliphatic carbocycles. The molecule has 5 rings (SSSR count). The van der Waals surface area contributed by atoms with Crippen LogP contribution in [-0.2, 0) is 9.09 Å². The molecule has 5 aromatic rings. The van der Waals surface area contributed by atoms with E-state index in [0.717, 1.165) is 22.6 Å². The van der Waals surface area contributed by atoms with Crippen LogP contribution in [0.4, 0.5) is 22.7 Å². The third-order valence-electron chi connectivity index (χ3n) is 6.54.